The van der Waals surface area contributed by atoms with Crippen molar-refractivity contribution in [3.05, 3.63) is 90.1 Å². The van der Waals surface area contributed by atoms with Crippen LogP contribution in [0.25, 0.3) is 22.0 Å². The van der Waals surface area contributed by atoms with Crippen LogP contribution in [0.5, 0.6) is 11.5 Å². The summed E-state index contributed by atoms with van der Waals surface area (Å²) < 4.78 is 51.2. The fourth-order valence-electron chi connectivity index (χ4n) is 3.45. The molecule has 4 aromatic rings. The first kappa shape index (κ1) is 22.1. The number of aliphatic carboxylic acids is 1. The maximum Gasteiger partial charge on any atom is 0.418 e. The van der Waals surface area contributed by atoms with Gasteiger partial charge < -0.3 is 14.6 Å². The molecule has 0 aliphatic carbocycles. The number of pyridine rings is 1. The molecule has 0 spiro atoms. The molecule has 0 radical (unpaired) electrons. The van der Waals surface area contributed by atoms with Crippen LogP contribution in [0, 0.1) is 0 Å². The molecule has 1 heterocycles. The van der Waals surface area contributed by atoms with Gasteiger partial charge in [-0.15, -0.1) is 0 Å². The number of rotatable bonds is 7. The van der Waals surface area contributed by atoms with Gasteiger partial charge in [0.1, 0.15) is 18.1 Å². The first-order valence-electron chi connectivity index (χ1n) is 9.93. The molecule has 168 valence electrons. The predicted molar refractivity (Wildman–Crippen MR) is 116 cm³/mol. The van der Waals surface area contributed by atoms with Crippen molar-refractivity contribution < 1.29 is 32.5 Å². The molecular formula is C25H18F3NO4. The van der Waals surface area contributed by atoms with E-state index in [0.717, 1.165) is 11.6 Å². The Balaban J connectivity index is 1.58. The van der Waals surface area contributed by atoms with Crippen molar-refractivity contribution >= 4 is 16.9 Å². The van der Waals surface area contributed by atoms with Gasteiger partial charge in [-0.3, -0.25) is 4.98 Å². The molecule has 0 amide bonds. The molecule has 8 heteroatoms. The Labute approximate surface area is 187 Å². The first-order valence-corrected chi connectivity index (χ1v) is 9.93. The summed E-state index contributed by atoms with van der Waals surface area (Å²) in [7, 11) is 0. The molecule has 0 fully saturated rings. The van der Waals surface area contributed by atoms with E-state index in [0.29, 0.717) is 28.0 Å². The third kappa shape index (κ3) is 5.23. The van der Waals surface area contributed by atoms with Gasteiger partial charge in [-0.1, -0.05) is 36.4 Å². The maximum absolute atomic E-state index is 13.4. The zero-order valence-electron chi connectivity index (χ0n) is 17.2. The standard InChI is InChI=1S/C25H18F3NO4/c26-25(27,28)22-9-3-8-21-20(10-11-29-24(21)22)17-5-2-7-19(13-17)32-14-16-4-1-6-18(12-16)33-15-23(30)31/h1-13H,14-15H2,(H,30,31). The van der Waals surface area contributed by atoms with E-state index in [4.69, 9.17) is 14.6 Å². The molecule has 3 aromatic carbocycles. The third-order valence-electron chi connectivity index (χ3n) is 4.89. The molecule has 0 aliphatic heterocycles. The second kappa shape index (κ2) is 9.20. The molecule has 0 atom stereocenters. The SMILES string of the molecule is O=C(O)COc1cccc(COc2cccc(-c3ccnc4c(C(F)(F)F)cccc34)c2)c1. The Morgan fingerprint density at radius 1 is 0.909 bits per heavy atom. The zero-order chi connectivity index (χ0) is 23.4. The summed E-state index contributed by atoms with van der Waals surface area (Å²) in [6.07, 6.45) is -3.14. The van der Waals surface area contributed by atoms with Gasteiger partial charge in [0.05, 0.1) is 11.1 Å². The van der Waals surface area contributed by atoms with Crippen molar-refractivity contribution in [2.75, 3.05) is 6.61 Å². The lowest BCUT2D eigenvalue weighted by Crippen LogP contribution is -2.09. The molecule has 1 N–H and O–H groups in total. The summed E-state index contributed by atoms with van der Waals surface area (Å²) in [6.45, 7) is -0.245. The molecule has 4 rings (SSSR count). The number of hydrogen-bond donors (Lipinski definition) is 1. The van der Waals surface area contributed by atoms with E-state index in [2.05, 4.69) is 4.98 Å². The highest BCUT2D eigenvalue weighted by Gasteiger charge is 2.33. The molecule has 5 nitrogen and oxygen atoms in total. The summed E-state index contributed by atoms with van der Waals surface area (Å²) in [4.78, 5) is 14.6. The number of fused-ring (bicyclic) bond motifs is 1. The predicted octanol–water partition coefficient (Wildman–Crippen LogP) is 5.96. The molecular weight excluding hydrogens is 435 g/mol. The van der Waals surface area contributed by atoms with Crippen LogP contribution >= 0.6 is 0 Å². The second-order valence-corrected chi connectivity index (χ2v) is 7.20. The van der Waals surface area contributed by atoms with Crippen molar-refractivity contribution in [2.24, 2.45) is 0 Å². The lowest BCUT2D eigenvalue weighted by Gasteiger charge is -2.13. The maximum atomic E-state index is 13.4. The Hall–Kier alpha value is -4.07. The zero-order valence-corrected chi connectivity index (χ0v) is 17.2. The second-order valence-electron chi connectivity index (χ2n) is 7.20. The number of alkyl halides is 3. The number of nitrogens with zero attached hydrogens (tertiary/aromatic N) is 1. The summed E-state index contributed by atoms with van der Waals surface area (Å²) in [5, 5.41) is 9.12. The van der Waals surface area contributed by atoms with Crippen LogP contribution in [-0.4, -0.2) is 22.7 Å². The van der Waals surface area contributed by atoms with Crippen LogP contribution < -0.4 is 9.47 Å². The fourth-order valence-corrected chi connectivity index (χ4v) is 3.45. The lowest BCUT2D eigenvalue weighted by molar-refractivity contribution is -0.139. The topological polar surface area (TPSA) is 68.7 Å². The van der Waals surface area contributed by atoms with E-state index in [1.807, 2.05) is 6.07 Å². The normalized spacial score (nSPS) is 11.4. The summed E-state index contributed by atoms with van der Waals surface area (Å²) in [6, 6.07) is 19.6. The molecule has 0 saturated heterocycles. The number of carboxylic acid groups (broad SMARTS) is 1. The van der Waals surface area contributed by atoms with Crippen molar-refractivity contribution in [2.45, 2.75) is 12.8 Å². The first-order chi connectivity index (χ1) is 15.8. The number of ether oxygens (including phenoxy) is 2. The summed E-state index contributed by atoms with van der Waals surface area (Å²) >= 11 is 0. The smallest absolute Gasteiger partial charge is 0.418 e. The van der Waals surface area contributed by atoms with Gasteiger partial charge in [0, 0.05) is 11.6 Å². The number of hydrogen-bond acceptors (Lipinski definition) is 4. The third-order valence-corrected chi connectivity index (χ3v) is 4.89. The van der Waals surface area contributed by atoms with Crippen molar-refractivity contribution in [1.82, 2.24) is 4.98 Å². The van der Waals surface area contributed by atoms with Crippen LogP contribution in [0.2, 0.25) is 0 Å². The molecule has 0 aliphatic rings. The van der Waals surface area contributed by atoms with E-state index in [9.17, 15) is 18.0 Å². The quantitative estimate of drug-likeness (QED) is 0.374. The summed E-state index contributed by atoms with van der Waals surface area (Å²) in [5.41, 5.74) is 1.19. The minimum atomic E-state index is -4.50. The van der Waals surface area contributed by atoms with Crippen molar-refractivity contribution in [1.29, 1.82) is 0 Å². The van der Waals surface area contributed by atoms with Crippen LogP contribution in [-0.2, 0) is 17.6 Å². The van der Waals surface area contributed by atoms with E-state index >= 15 is 0 Å². The number of halogens is 3. The summed E-state index contributed by atoms with van der Waals surface area (Å²) in [5.74, 6) is -0.128. The van der Waals surface area contributed by atoms with Gasteiger partial charge in [0.2, 0.25) is 0 Å². The molecule has 33 heavy (non-hydrogen) atoms. The lowest BCUT2D eigenvalue weighted by atomic mass is 9.99. The Morgan fingerprint density at radius 2 is 1.64 bits per heavy atom. The number of benzene rings is 3. The largest absolute Gasteiger partial charge is 0.489 e. The van der Waals surface area contributed by atoms with Gasteiger partial charge in [-0.25, -0.2) is 4.79 Å². The van der Waals surface area contributed by atoms with Crippen molar-refractivity contribution in [3.8, 4) is 22.6 Å². The number of carboxylic acids is 1. The monoisotopic (exact) mass is 453 g/mol. The average molecular weight is 453 g/mol. The molecule has 0 saturated carbocycles. The number of aromatic nitrogens is 1. The highest BCUT2D eigenvalue weighted by Crippen LogP contribution is 2.37. The molecule has 0 unspecified atom stereocenters. The van der Waals surface area contributed by atoms with Gasteiger partial charge in [-0.05, 0) is 53.1 Å². The fraction of sp³-hybridized carbons (Fsp3) is 0.120. The van der Waals surface area contributed by atoms with Crippen molar-refractivity contribution in [3.63, 3.8) is 0 Å². The Bertz CT molecular complexity index is 1300. The highest BCUT2D eigenvalue weighted by molar-refractivity contribution is 5.96. The minimum absolute atomic E-state index is 0.105. The Morgan fingerprint density at radius 3 is 2.39 bits per heavy atom. The molecule has 1 aromatic heterocycles. The minimum Gasteiger partial charge on any atom is -0.489 e. The van der Waals surface area contributed by atoms with Crippen LogP contribution in [0.3, 0.4) is 0 Å². The van der Waals surface area contributed by atoms with Gasteiger partial charge in [-0.2, -0.15) is 13.2 Å². The van der Waals surface area contributed by atoms with Gasteiger partial charge in [0.15, 0.2) is 6.61 Å². The Kier molecular flexibility index (Phi) is 6.17. The number of para-hydroxylation sites is 1. The van der Waals surface area contributed by atoms with E-state index < -0.39 is 24.3 Å². The van der Waals surface area contributed by atoms with Crippen LogP contribution in [0.1, 0.15) is 11.1 Å². The van der Waals surface area contributed by atoms with Gasteiger partial charge in [0.25, 0.3) is 0 Å². The average Bonchev–Trinajstić information content (AvgIpc) is 2.80. The highest BCUT2D eigenvalue weighted by atomic mass is 19.4. The van der Waals surface area contributed by atoms with Gasteiger partial charge >= 0.3 is 12.1 Å². The van der Waals surface area contributed by atoms with Crippen LogP contribution in [0.15, 0.2) is 79.0 Å². The van der Waals surface area contributed by atoms with E-state index in [1.165, 1.54) is 12.3 Å². The van der Waals surface area contributed by atoms with E-state index in [1.54, 1.807) is 54.6 Å². The van der Waals surface area contributed by atoms with Crippen LogP contribution in [0.4, 0.5) is 13.2 Å². The molecule has 0 bridgehead atoms. The number of carbonyl (C=O) groups is 1. The van der Waals surface area contributed by atoms with E-state index in [-0.39, 0.29) is 12.1 Å².